The summed E-state index contributed by atoms with van der Waals surface area (Å²) in [6, 6.07) is 16.2. The van der Waals surface area contributed by atoms with E-state index < -0.39 is 0 Å². The van der Waals surface area contributed by atoms with E-state index in [1.807, 2.05) is 12.1 Å². The van der Waals surface area contributed by atoms with Crippen LogP contribution in [0.3, 0.4) is 0 Å². The molecule has 1 unspecified atom stereocenters. The molecule has 4 heteroatoms. The molecule has 1 aliphatic carbocycles. The molecule has 0 aromatic heterocycles. The van der Waals surface area contributed by atoms with Gasteiger partial charge in [0.15, 0.2) is 0 Å². The molecule has 128 valence electrons. The maximum absolute atomic E-state index is 12.5. The number of fused-ring (bicyclic) bond motifs is 2. The number of likely N-dealkylation sites (N-methyl/N-ethyl adjacent to an activating group) is 1. The normalized spacial score (nSPS) is 20.4. The monoisotopic (exact) mass is 335 g/mol. The Hall–Kier alpha value is -2.46. The van der Waals surface area contributed by atoms with Crippen molar-refractivity contribution >= 4 is 11.8 Å². The second kappa shape index (κ2) is 6.45. The molecule has 2 aromatic rings. The minimum absolute atomic E-state index is 0.155. The van der Waals surface area contributed by atoms with Gasteiger partial charge in [0, 0.05) is 12.0 Å². The summed E-state index contributed by atoms with van der Waals surface area (Å²) in [4.78, 5) is 27.8. The van der Waals surface area contributed by atoms with Crippen LogP contribution in [0.15, 0.2) is 48.5 Å². The van der Waals surface area contributed by atoms with Gasteiger partial charge in [-0.3, -0.25) is 14.5 Å². The molecule has 1 aliphatic heterocycles. The van der Waals surface area contributed by atoms with Crippen LogP contribution in [0.1, 0.15) is 50.7 Å². The Morgan fingerprint density at radius 1 is 1.00 bits per heavy atom. The lowest BCUT2D eigenvalue weighted by Gasteiger charge is -2.31. The minimum atomic E-state index is -0.155. The number of aryl methyl sites for hydroxylation is 1. The Morgan fingerprint density at radius 3 is 2.36 bits per heavy atom. The van der Waals surface area contributed by atoms with Gasteiger partial charge in [0.1, 0.15) is 6.04 Å². The highest BCUT2D eigenvalue weighted by Crippen LogP contribution is 2.27. The second-order valence-corrected chi connectivity index (χ2v) is 7.05. The highest BCUT2D eigenvalue weighted by molar-refractivity contribution is 6.21. The third-order valence-electron chi connectivity index (χ3n) is 5.57. The number of nitrogens with one attached hydrogen (secondary N) is 1. The first-order valence-electron chi connectivity index (χ1n) is 9.02. The largest absolute Gasteiger partial charge is 0.330 e. The number of nitrogens with zero attached hydrogens (tertiary/aromatic N) is 1. The van der Waals surface area contributed by atoms with E-state index in [0.717, 1.165) is 19.4 Å². The Balaban J connectivity index is 1.46. The fourth-order valence-corrected chi connectivity index (χ4v) is 4.17. The van der Waals surface area contributed by atoms with Crippen molar-refractivity contribution in [2.45, 2.75) is 25.3 Å². The first-order chi connectivity index (χ1) is 12.2. The van der Waals surface area contributed by atoms with Gasteiger partial charge < -0.3 is 4.90 Å². The standard InChI is InChI=1S/C21H22N2O2/c1-22(19-12-6-8-15-7-2-3-9-16(15)19)13-14-23-20(24)17-10-4-5-11-18(17)21(23)25/h2-5,7,9-11,19H,6,8,12-14H2,1H3/p+1/t19-/m0/s1. The highest BCUT2D eigenvalue weighted by atomic mass is 16.2. The van der Waals surface area contributed by atoms with E-state index in [1.54, 1.807) is 12.1 Å². The van der Waals surface area contributed by atoms with E-state index in [1.165, 1.54) is 27.3 Å². The SMILES string of the molecule is C[NH+](CCN1C(=O)c2ccccc2C1=O)[C@H]1CCCc2ccccc21. The summed E-state index contributed by atoms with van der Waals surface area (Å²) < 4.78 is 0. The van der Waals surface area contributed by atoms with Gasteiger partial charge in [0.2, 0.25) is 0 Å². The van der Waals surface area contributed by atoms with Gasteiger partial charge in [-0.25, -0.2) is 0 Å². The molecule has 2 aliphatic rings. The van der Waals surface area contributed by atoms with E-state index in [-0.39, 0.29) is 11.8 Å². The van der Waals surface area contributed by atoms with Crippen LogP contribution in [0.4, 0.5) is 0 Å². The summed E-state index contributed by atoms with van der Waals surface area (Å²) in [5.41, 5.74) is 3.94. The molecular weight excluding hydrogens is 312 g/mol. The maximum atomic E-state index is 12.5. The third-order valence-corrected chi connectivity index (χ3v) is 5.57. The number of carbonyl (C=O) groups excluding carboxylic acids is 2. The summed E-state index contributed by atoms with van der Waals surface area (Å²) >= 11 is 0. The predicted molar refractivity (Wildman–Crippen MR) is 95.7 cm³/mol. The molecule has 2 amide bonds. The number of rotatable bonds is 4. The Kier molecular flexibility index (Phi) is 4.14. The molecule has 0 spiro atoms. The lowest BCUT2D eigenvalue weighted by molar-refractivity contribution is -0.912. The van der Waals surface area contributed by atoms with Gasteiger partial charge in [-0.15, -0.1) is 0 Å². The second-order valence-electron chi connectivity index (χ2n) is 7.05. The van der Waals surface area contributed by atoms with E-state index >= 15 is 0 Å². The van der Waals surface area contributed by atoms with Crippen LogP contribution in [0.2, 0.25) is 0 Å². The minimum Gasteiger partial charge on any atom is -0.330 e. The molecule has 0 radical (unpaired) electrons. The molecule has 0 fully saturated rings. The lowest BCUT2D eigenvalue weighted by Crippen LogP contribution is -3.10. The van der Waals surface area contributed by atoms with Crippen LogP contribution in [-0.4, -0.2) is 36.9 Å². The summed E-state index contributed by atoms with van der Waals surface area (Å²) in [6.45, 7) is 1.24. The van der Waals surface area contributed by atoms with Gasteiger partial charge in [-0.05, 0) is 30.5 Å². The quantitative estimate of drug-likeness (QED) is 0.867. The number of hydrogen-bond acceptors (Lipinski definition) is 2. The summed E-state index contributed by atoms with van der Waals surface area (Å²) in [6.07, 6.45) is 3.51. The van der Waals surface area contributed by atoms with E-state index in [9.17, 15) is 9.59 Å². The third kappa shape index (κ3) is 2.76. The van der Waals surface area contributed by atoms with Crippen LogP contribution in [0.5, 0.6) is 0 Å². The van der Waals surface area contributed by atoms with Crippen molar-refractivity contribution < 1.29 is 14.5 Å². The fourth-order valence-electron chi connectivity index (χ4n) is 4.17. The molecule has 4 rings (SSSR count). The number of quaternary nitrogens is 1. The smallest absolute Gasteiger partial charge is 0.261 e. The predicted octanol–water partition coefficient (Wildman–Crippen LogP) is 1.87. The van der Waals surface area contributed by atoms with Crippen molar-refractivity contribution in [3.05, 3.63) is 70.8 Å². The maximum Gasteiger partial charge on any atom is 0.261 e. The van der Waals surface area contributed by atoms with Gasteiger partial charge in [0.05, 0.1) is 31.3 Å². The molecule has 1 heterocycles. The van der Waals surface area contributed by atoms with Crippen LogP contribution in [0, 0.1) is 0 Å². The van der Waals surface area contributed by atoms with Crippen LogP contribution < -0.4 is 4.90 Å². The molecule has 0 saturated carbocycles. The van der Waals surface area contributed by atoms with Crippen molar-refractivity contribution in [2.24, 2.45) is 0 Å². The Labute approximate surface area is 148 Å². The van der Waals surface area contributed by atoms with Crippen molar-refractivity contribution in [1.29, 1.82) is 0 Å². The van der Waals surface area contributed by atoms with Gasteiger partial charge in [-0.1, -0.05) is 36.4 Å². The summed E-state index contributed by atoms with van der Waals surface area (Å²) in [7, 11) is 2.17. The molecular formula is C21H23N2O2+. The first-order valence-corrected chi connectivity index (χ1v) is 9.02. The molecule has 1 N–H and O–H groups in total. The fraction of sp³-hybridized carbons (Fsp3) is 0.333. The zero-order chi connectivity index (χ0) is 17.4. The van der Waals surface area contributed by atoms with E-state index in [4.69, 9.17) is 0 Å². The average Bonchev–Trinajstić information content (AvgIpc) is 2.90. The summed E-state index contributed by atoms with van der Waals surface area (Å²) in [5.74, 6) is -0.310. The Morgan fingerprint density at radius 2 is 1.64 bits per heavy atom. The molecule has 2 aromatic carbocycles. The van der Waals surface area contributed by atoms with Crippen LogP contribution in [-0.2, 0) is 6.42 Å². The number of carbonyl (C=O) groups is 2. The summed E-state index contributed by atoms with van der Waals surface area (Å²) in [5, 5.41) is 0. The van der Waals surface area contributed by atoms with Gasteiger partial charge in [-0.2, -0.15) is 0 Å². The zero-order valence-electron chi connectivity index (χ0n) is 14.5. The lowest BCUT2D eigenvalue weighted by atomic mass is 9.87. The van der Waals surface area contributed by atoms with Crippen molar-refractivity contribution in [1.82, 2.24) is 4.90 Å². The Bertz CT molecular complexity index is 795. The number of benzene rings is 2. The number of amides is 2. The average molecular weight is 335 g/mol. The molecule has 0 bridgehead atoms. The molecule has 0 saturated heterocycles. The zero-order valence-corrected chi connectivity index (χ0v) is 14.5. The van der Waals surface area contributed by atoms with E-state index in [2.05, 4.69) is 31.3 Å². The number of hydrogen-bond donors (Lipinski definition) is 1. The van der Waals surface area contributed by atoms with Gasteiger partial charge in [0.25, 0.3) is 11.8 Å². The van der Waals surface area contributed by atoms with Crippen LogP contribution >= 0.6 is 0 Å². The van der Waals surface area contributed by atoms with Crippen LogP contribution in [0.25, 0.3) is 0 Å². The van der Waals surface area contributed by atoms with Crippen molar-refractivity contribution in [3.63, 3.8) is 0 Å². The first kappa shape index (κ1) is 16.0. The van der Waals surface area contributed by atoms with E-state index in [0.29, 0.717) is 23.7 Å². The highest BCUT2D eigenvalue weighted by Gasteiger charge is 2.36. The van der Waals surface area contributed by atoms with Crippen molar-refractivity contribution in [3.8, 4) is 0 Å². The van der Waals surface area contributed by atoms with Gasteiger partial charge >= 0.3 is 0 Å². The van der Waals surface area contributed by atoms with Crippen molar-refractivity contribution in [2.75, 3.05) is 20.1 Å². The topological polar surface area (TPSA) is 41.8 Å². The molecule has 2 atom stereocenters. The molecule has 4 nitrogen and oxygen atoms in total. The number of imide groups is 1. The molecule has 25 heavy (non-hydrogen) atoms.